The Hall–Kier alpha value is -1.98. The molecular formula is C16H17NO. The molecule has 2 aromatic carbocycles. The molecule has 0 aliphatic heterocycles. The van der Waals surface area contributed by atoms with Crippen LogP contribution in [0.15, 0.2) is 36.4 Å². The van der Waals surface area contributed by atoms with E-state index in [0.717, 1.165) is 12.3 Å². The zero-order chi connectivity index (χ0) is 12.8. The van der Waals surface area contributed by atoms with Gasteiger partial charge in [0.2, 0.25) is 0 Å². The highest BCUT2D eigenvalue weighted by molar-refractivity contribution is 5.87. The maximum Gasteiger partial charge on any atom is 0.124 e. The maximum atomic E-state index is 5.76. The first-order chi connectivity index (χ1) is 8.86. The lowest BCUT2D eigenvalue weighted by Gasteiger charge is -2.13. The van der Waals surface area contributed by atoms with Gasteiger partial charge in [0.15, 0.2) is 0 Å². The van der Waals surface area contributed by atoms with E-state index >= 15 is 0 Å². The normalized spacial score (nSPS) is 10.2. The summed E-state index contributed by atoms with van der Waals surface area (Å²) in [5.74, 6) is 3.50. The lowest BCUT2D eigenvalue weighted by Crippen LogP contribution is -2.08. The zero-order valence-corrected chi connectivity index (χ0v) is 10.6. The first kappa shape index (κ1) is 12.5. The van der Waals surface area contributed by atoms with Gasteiger partial charge in [-0.2, -0.15) is 0 Å². The van der Waals surface area contributed by atoms with E-state index in [-0.39, 0.29) is 0 Å². The molecule has 2 heteroatoms. The van der Waals surface area contributed by atoms with E-state index < -0.39 is 0 Å². The van der Waals surface area contributed by atoms with Crippen molar-refractivity contribution in [1.82, 2.24) is 5.32 Å². The summed E-state index contributed by atoms with van der Waals surface area (Å²) >= 11 is 0. The third-order valence-corrected chi connectivity index (χ3v) is 2.86. The van der Waals surface area contributed by atoms with E-state index in [1.54, 1.807) is 0 Å². The molecule has 0 amide bonds. The van der Waals surface area contributed by atoms with Crippen LogP contribution in [0.1, 0.15) is 12.0 Å². The highest BCUT2D eigenvalue weighted by atomic mass is 16.5. The third kappa shape index (κ3) is 2.64. The molecule has 2 aromatic rings. The van der Waals surface area contributed by atoms with Crippen molar-refractivity contribution in [2.24, 2.45) is 0 Å². The second-order valence-corrected chi connectivity index (χ2v) is 4.10. The molecule has 1 N–H and O–H groups in total. The molecule has 0 fully saturated rings. The standard InChI is InChI=1S/C16H17NO/c1-3-4-11-18-16-10-9-13-7-5-6-8-14(13)15(16)12-17-2/h1,5-10,17H,4,11-12H2,2H3. The fourth-order valence-electron chi connectivity index (χ4n) is 2.03. The topological polar surface area (TPSA) is 21.3 Å². The number of rotatable bonds is 5. The van der Waals surface area contributed by atoms with Gasteiger partial charge in [0.25, 0.3) is 0 Å². The van der Waals surface area contributed by atoms with Crippen LogP contribution >= 0.6 is 0 Å². The summed E-state index contributed by atoms with van der Waals surface area (Å²) in [6.07, 6.45) is 5.87. The van der Waals surface area contributed by atoms with Crippen LogP contribution in [0.4, 0.5) is 0 Å². The van der Waals surface area contributed by atoms with E-state index in [1.807, 2.05) is 25.2 Å². The van der Waals surface area contributed by atoms with Gasteiger partial charge in [0.05, 0.1) is 6.61 Å². The van der Waals surface area contributed by atoms with Gasteiger partial charge in [-0.15, -0.1) is 12.3 Å². The summed E-state index contributed by atoms with van der Waals surface area (Å²) in [7, 11) is 1.94. The van der Waals surface area contributed by atoms with Crippen molar-refractivity contribution in [3.63, 3.8) is 0 Å². The van der Waals surface area contributed by atoms with E-state index in [4.69, 9.17) is 11.2 Å². The largest absolute Gasteiger partial charge is 0.492 e. The van der Waals surface area contributed by atoms with Crippen LogP contribution in [0.25, 0.3) is 10.8 Å². The molecule has 2 rings (SSSR count). The maximum absolute atomic E-state index is 5.76. The van der Waals surface area contributed by atoms with Gasteiger partial charge in [0.1, 0.15) is 5.75 Å². The van der Waals surface area contributed by atoms with Crippen molar-refractivity contribution in [2.75, 3.05) is 13.7 Å². The highest BCUT2D eigenvalue weighted by Gasteiger charge is 2.07. The van der Waals surface area contributed by atoms with E-state index in [2.05, 4.69) is 29.4 Å². The Labute approximate surface area is 108 Å². The molecule has 2 nitrogen and oxygen atoms in total. The molecule has 0 unspecified atom stereocenters. The van der Waals surface area contributed by atoms with Gasteiger partial charge < -0.3 is 10.1 Å². The minimum absolute atomic E-state index is 0.561. The first-order valence-electron chi connectivity index (χ1n) is 6.08. The van der Waals surface area contributed by atoms with Crippen LogP contribution in [0.3, 0.4) is 0 Å². The van der Waals surface area contributed by atoms with Crippen LogP contribution in [0.2, 0.25) is 0 Å². The van der Waals surface area contributed by atoms with Gasteiger partial charge in [-0.05, 0) is 23.9 Å². The van der Waals surface area contributed by atoms with Gasteiger partial charge in [-0.1, -0.05) is 30.3 Å². The minimum atomic E-state index is 0.561. The number of benzene rings is 2. The molecule has 0 saturated heterocycles. The lowest BCUT2D eigenvalue weighted by atomic mass is 10.0. The highest BCUT2D eigenvalue weighted by Crippen LogP contribution is 2.28. The molecule has 0 heterocycles. The number of hydrogen-bond donors (Lipinski definition) is 1. The smallest absolute Gasteiger partial charge is 0.124 e. The number of nitrogens with one attached hydrogen (secondary N) is 1. The molecule has 0 aliphatic rings. The third-order valence-electron chi connectivity index (χ3n) is 2.86. The Morgan fingerprint density at radius 2 is 2.06 bits per heavy atom. The SMILES string of the molecule is C#CCCOc1ccc2ccccc2c1CNC. The van der Waals surface area contributed by atoms with Crippen molar-refractivity contribution in [3.8, 4) is 18.1 Å². The van der Waals surface area contributed by atoms with E-state index in [9.17, 15) is 0 Å². The molecule has 0 aromatic heterocycles. The Bertz CT molecular complexity index is 569. The van der Waals surface area contributed by atoms with Crippen LogP contribution in [0.5, 0.6) is 5.75 Å². The monoisotopic (exact) mass is 239 g/mol. The summed E-state index contributed by atoms with van der Waals surface area (Å²) in [5.41, 5.74) is 1.19. The summed E-state index contributed by atoms with van der Waals surface area (Å²) in [4.78, 5) is 0. The number of fused-ring (bicyclic) bond motifs is 1. The van der Waals surface area contributed by atoms with Gasteiger partial charge in [-0.25, -0.2) is 0 Å². The first-order valence-corrected chi connectivity index (χ1v) is 6.08. The molecule has 0 bridgehead atoms. The van der Waals surface area contributed by atoms with E-state index in [0.29, 0.717) is 13.0 Å². The van der Waals surface area contributed by atoms with Crippen molar-refractivity contribution in [1.29, 1.82) is 0 Å². The van der Waals surface area contributed by atoms with Crippen molar-refractivity contribution < 1.29 is 4.74 Å². The van der Waals surface area contributed by atoms with Crippen LogP contribution in [-0.4, -0.2) is 13.7 Å². The number of hydrogen-bond acceptors (Lipinski definition) is 2. The lowest BCUT2D eigenvalue weighted by molar-refractivity contribution is 0.324. The minimum Gasteiger partial charge on any atom is -0.492 e. The Morgan fingerprint density at radius 3 is 2.83 bits per heavy atom. The van der Waals surface area contributed by atoms with Gasteiger partial charge in [0, 0.05) is 18.5 Å². The molecule has 0 atom stereocenters. The fourth-order valence-corrected chi connectivity index (χ4v) is 2.03. The van der Waals surface area contributed by atoms with E-state index in [1.165, 1.54) is 16.3 Å². The fraction of sp³-hybridized carbons (Fsp3) is 0.250. The molecule has 92 valence electrons. The number of terminal acetylenes is 1. The van der Waals surface area contributed by atoms with Crippen LogP contribution in [-0.2, 0) is 6.54 Å². The average molecular weight is 239 g/mol. The molecular weight excluding hydrogens is 222 g/mol. The molecule has 0 aliphatic carbocycles. The van der Waals surface area contributed by atoms with Gasteiger partial charge >= 0.3 is 0 Å². The van der Waals surface area contributed by atoms with Gasteiger partial charge in [-0.3, -0.25) is 0 Å². The summed E-state index contributed by atoms with van der Waals surface area (Å²) in [6, 6.07) is 12.4. The average Bonchev–Trinajstić information content (AvgIpc) is 2.41. The van der Waals surface area contributed by atoms with Crippen LogP contribution < -0.4 is 10.1 Å². The predicted octanol–water partition coefficient (Wildman–Crippen LogP) is 2.96. The summed E-state index contributed by atoms with van der Waals surface area (Å²) in [6.45, 7) is 1.35. The number of ether oxygens (including phenoxy) is 1. The quantitative estimate of drug-likeness (QED) is 0.640. The molecule has 0 radical (unpaired) electrons. The van der Waals surface area contributed by atoms with Crippen molar-refractivity contribution >= 4 is 10.8 Å². The predicted molar refractivity (Wildman–Crippen MR) is 75.7 cm³/mol. The Kier molecular flexibility index (Phi) is 4.22. The van der Waals surface area contributed by atoms with Crippen LogP contribution in [0, 0.1) is 12.3 Å². The molecule has 0 saturated carbocycles. The van der Waals surface area contributed by atoms with Crippen molar-refractivity contribution in [2.45, 2.75) is 13.0 Å². The molecule has 0 spiro atoms. The second-order valence-electron chi connectivity index (χ2n) is 4.10. The molecule has 18 heavy (non-hydrogen) atoms. The Balaban J connectivity index is 2.39. The van der Waals surface area contributed by atoms with Crippen molar-refractivity contribution in [3.05, 3.63) is 42.0 Å². The summed E-state index contributed by atoms with van der Waals surface area (Å²) < 4.78 is 5.76. The zero-order valence-electron chi connectivity index (χ0n) is 10.6. The second kappa shape index (κ2) is 6.09. The summed E-state index contributed by atoms with van der Waals surface area (Å²) in [5, 5.41) is 5.64. The Morgan fingerprint density at radius 1 is 1.22 bits per heavy atom.